The molecule has 0 atom stereocenters. The first-order chi connectivity index (χ1) is 9.09. The summed E-state index contributed by atoms with van der Waals surface area (Å²) in [7, 11) is 0. The number of phenols is 1. The van der Waals surface area contributed by atoms with E-state index in [4.69, 9.17) is 4.74 Å². The molecule has 0 bridgehead atoms. The minimum atomic E-state index is -0.507. The van der Waals surface area contributed by atoms with Crippen molar-refractivity contribution in [2.45, 2.75) is 20.0 Å². The highest BCUT2D eigenvalue weighted by molar-refractivity contribution is 6.00. The number of esters is 1. The van der Waals surface area contributed by atoms with Crippen molar-refractivity contribution in [1.29, 1.82) is 0 Å². The lowest BCUT2D eigenvalue weighted by Crippen LogP contribution is -2.12. The quantitative estimate of drug-likeness (QED) is 0.853. The van der Waals surface area contributed by atoms with Gasteiger partial charge in [0.25, 0.3) is 0 Å². The van der Waals surface area contributed by atoms with Crippen LogP contribution in [0.2, 0.25) is 0 Å². The van der Waals surface area contributed by atoms with Gasteiger partial charge in [-0.05, 0) is 31.0 Å². The maximum absolute atomic E-state index is 12.1. The predicted molar refractivity (Wildman–Crippen MR) is 74.1 cm³/mol. The summed E-state index contributed by atoms with van der Waals surface area (Å²) in [6.07, 6.45) is -0.226. The number of ether oxygens (including phenoxy) is 1. The molecule has 19 heavy (non-hydrogen) atoms. The number of hydrogen-bond acceptors (Lipinski definition) is 3. The zero-order chi connectivity index (χ0) is 13.8. The van der Waals surface area contributed by atoms with E-state index in [0.717, 1.165) is 5.56 Å². The number of aromatic hydroxyl groups is 1. The second-order valence-electron chi connectivity index (χ2n) is 4.52. The summed E-state index contributed by atoms with van der Waals surface area (Å²) in [5.74, 6) is -0.570. The highest BCUT2D eigenvalue weighted by atomic mass is 16.5. The Morgan fingerprint density at radius 2 is 1.74 bits per heavy atom. The Morgan fingerprint density at radius 3 is 2.37 bits per heavy atom. The molecule has 2 aromatic rings. The van der Waals surface area contributed by atoms with E-state index in [0.29, 0.717) is 5.56 Å². The van der Waals surface area contributed by atoms with Crippen molar-refractivity contribution in [3.63, 3.8) is 0 Å². The lowest BCUT2D eigenvalue weighted by molar-refractivity contribution is 0.0375. The van der Waals surface area contributed by atoms with Crippen LogP contribution in [0.4, 0.5) is 0 Å². The molecule has 0 aliphatic heterocycles. The van der Waals surface area contributed by atoms with Crippen molar-refractivity contribution in [2.24, 2.45) is 0 Å². The Morgan fingerprint density at radius 1 is 1.05 bits per heavy atom. The van der Waals surface area contributed by atoms with Crippen molar-refractivity contribution in [1.82, 2.24) is 0 Å². The monoisotopic (exact) mass is 256 g/mol. The fourth-order valence-electron chi connectivity index (χ4n) is 1.89. The number of benzene rings is 2. The summed E-state index contributed by atoms with van der Waals surface area (Å²) >= 11 is 0. The third-order valence-corrected chi connectivity index (χ3v) is 2.67. The maximum Gasteiger partial charge on any atom is 0.342 e. The summed E-state index contributed by atoms with van der Waals surface area (Å²) in [6, 6.07) is 14.5. The average molecular weight is 256 g/mol. The standard InChI is InChI=1S/C16H16O3/c1-11(2)19-16(18)15-13(9-6-10-14(15)17)12-7-4-3-5-8-12/h3-11,17H,1-2H3. The Bertz CT molecular complexity index is 574. The Balaban J connectivity index is 2.51. The highest BCUT2D eigenvalue weighted by Gasteiger charge is 2.19. The van der Waals surface area contributed by atoms with E-state index in [1.54, 1.807) is 26.0 Å². The SMILES string of the molecule is CC(C)OC(=O)c1c(O)cccc1-c1ccccc1. The molecule has 3 heteroatoms. The number of carbonyl (C=O) groups excluding carboxylic acids is 1. The van der Waals surface area contributed by atoms with Crippen molar-refractivity contribution >= 4 is 5.97 Å². The van der Waals surface area contributed by atoms with E-state index >= 15 is 0 Å². The first kappa shape index (κ1) is 13.1. The molecular weight excluding hydrogens is 240 g/mol. The van der Waals surface area contributed by atoms with Crippen molar-refractivity contribution in [3.8, 4) is 16.9 Å². The summed E-state index contributed by atoms with van der Waals surface area (Å²) < 4.78 is 5.18. The normalized spacial score (nSPS) is 10.5. The molecule has 0 aliphatic carbocycles. The van der Waals surface area contributed by atoms with E-state index in [1.807, 2.05) is 30.3 Å². The van der Waals surface area contributed by atoms with Crippen LogP contribution in [0.25, 0.3) is 11.1 Å². The van der Waals surface area contributed by atoms with Gasteiger partial charge in [0.1, 0.15) is 11.3 Å². The molecule has 0 amide bonds. The predicted octanol–water partition coefficient (Wildman–Crippen LogP) is 3.62. The molecule has 0 spiro atoms. The molecule has 0 saturated carbocycles. The van der Waals surface area contributed by atoms with Gasteiger partial charge in [0.05, 0.1) is 6.10 Å². The minimum absolute atomic E-state index is 0.0630. The fourth-order valence-corrected chi connectivity index (χ4v) is 1.89. The minimum Gasteiger partial charge on any atom is -0.507 e. The third kappa shape index (κ3) is 2.94. The van der Waals surface area contributed by atoms with E-state index in [-0.39, 0.29) is 17.4 Å². The van der Waals surface area contributed by atoms with Crippen LogP contribution in [0.15, 0.2) is 48.5 Å². The van der Waals surface area contributed by atoms with Crippen LogP contribution in [0, 0.1) is 0 Å². The highest BCUT2D eigenvalue weighted by Crippen LogP contribution is 2.30. The van der Waals surface area contributed by atoms with E-state index in [2.05, 4.69) is 0 Å². The summed E-state index contributed by atoms with van der Waals surface area (Å²) in [5, 5.41) is 9.94. The summed E-state index contributed by atoms with van der Waals surface area (Å²) in [4.78, 5) is 12.1. The van der Waals surface area contributed by atoms with Crippen LogP contribution in [0.1, 0.15) is 24.2 Å². The van der Waals surface area contributed by atoms with Crippen molar-refractivity contribution in [2.75, 3.05) is 0 Å². The topological polar surface area (TPSA) is 46.5 Å². The molecule has 0 aliphatic rings. The Labute approximate surface area is 112 Å². The summed E-state index contributed by atoms with van der Waals surface area (Å²) in [6.45, 7) is 3.56. The van der Waals surface area contributed by atoms with Gasteiger partial charge in [-0.1, -0.05) is 42.5 Å². The number of rotatable bonds is 3. The maximum atomic E-state index is 12.1. The van der Waals surface area contributed by atoms with Crippen LogP contribution in [-0.4, -0.2) is 17.2 Å². The molecule has 2 rings (SSSR count). The molecule has 2 aromatic carbocycles. The van der Waals surface area contributed by atoms with Crippen LogP contribution in [0.5, 0.6) is 5.75 Å². The zero-order valence-corrected chi connectivity index (χ0v) is 11.0. The summed E-state index contributed by atoms with van der Waals surface area (Å²) in [5.41, 5.74) is 1.75. The third-order valence-electron chi connectivity index (χ3n) is 2.67. The van der Waals surface area contributed by atoms with Crippen LogP contribution >= 0.6 is 0 Å². The molecule has 1 N–H and O–H groups in total. The van der Waals surface area contributed by atoms with Gasteiger partial charge in [-0.3, -0.25) is 0 Å². The van der Waals surface area contributed by atoms with Crippen LogP contribution < -0.4 is 0 Å². The van der Waals surface area contributed by atoms with E-state index < -0.39 is 5.97 Å². The fraction of sp³-hybridized carbons (Fsp3) is 0.188. The molecule has 0 aromatic heterocycles. The molecule has 98 valence electrons. The molecule has 0 heterocycles. The second-order valence-corrected chi connectivity index (χ2v) is 4.52. The van der Waals surface area contributed by atoms with E-state index in [1.165, 1.54) is 6.07 Å². The van der Waals surface area contributed by atoms with Gasteiger partial charge < -0.3 is 9.84 Å². The number of phenolic OH excluding ortho intramolecular Hbond substituents is 1. The molecule has 0 radical (unpaired) electrons. The average Bonchev–Trinajstić information content (AvgIpc) is 2.38. The smallest absolute Gasteiger partial charge is 0.342 e. The van der Waals surface area contributed by atoms with Crippen molar-refractivity contribution in [3.05, 3.63) is 54.1 Å². The zero-order valence-electron chi connectivity index (χ0n) is 11.0. The molecule has 0 fully saturated rings. The van der Waals surface area contributed by atoms with Crippen molar-refractivity contribution < 1.29 is 14.6 Å². The van der Waals surface area contributed by atoms with Crippen LogP contribution in [0.3, 0.4) is 0 Å². The first-order valence-electron chi connectivity index (χ1n) is 6.18. The van der Waals surface area contributed by atoms with Gasteiger partial charge in [0, 0.05) is 0 Å². The largest absolute Gasteiger partial charge is 0.507 e. The van der Waals surface area contributed by atoms with Gasteiger partial charge in [0.2, 0.25) is 0 Å². The lowest BCUT2D eigenvalue weighted by atomic mass is 9.99. The van der Waals surface area contributed by atoms with Crippen LogP contribution in [-0.2, 0) is 4.74 Å². The van der Waals surface area contributed by atoms with Gasteiger partial charge in [-0.25, -0.2) is 4.79 Å². The van der Waals surface area contributed by atoms with E-state index in [9.17, 15) is 9.90 Å². The Kier molecular flexibility index (Phi) is 3.85. The second kappa shape index (κ2) is 5.57. The Hall–Kier alpha value is -2.29. The molecular formula is C16H16O3. The number of hydrogen-bond donors (Lipinski definition) is 1. The molecule has 0 saturated heterocycles. The lowest BCUT2D eigenvalue weighted by Gasteiger charge is -2.13. The number of carbonyl (C=O) groups is 1. The van der Waals surface area contributed by atoms with Gasteiger partial charge in [-0.15, -0.1) is 0 Å². The van der Waals surface area contributed by atoms with Gasteiger partial charge in [-0.2, -0.15) is 0 Å². The molecule has 3 nitrogen and oxygen atoms in total. The first-order valence-corrected chi connectivity index (χ1v) is 6.18. The molecule has 0 unspecified atom stereocenters. The van der Waals surface area contributed by atoms with Gasteiger partial charge >= 0.3 is 5.97 Å². The van der Waals surface area contributed by atoms with Gasteiger partial charge in [0.15, 0.2) is 0 Å².